The SMILES string of the molecule is CCC(C)C(NC(=O)C(NC(=O)C(N)CCC(N)=O)C(C)O)C(=O)NC(Cc1c[nH]c2ccccc12)C(=O)O. The quantitative estimate of drug-likeness (QED) is 0.142. The third-order valence-corrected chi connectivity index (χ3v) is 6.61. The highest BCUT2D eigenvalue weighted by atomic mass is 16.4. The predicted molar refractivity (Wildman–Crippen MR) is 143 cm³/mol. The summed E-state index contributed by atoms with van der Waals surface area (Å²) in [7, 11) is 0. The molecule has 0 spiro atoms. The summed E-state index contributed by atoms with van der Waals surface area (Å²) in [5.41, 5.74) is 12.4. The van der Waals surface area contributed by atoms with E-state index >= 15 is 0 Å². The topological polar surface area (TPSA) is 230 Å². The van der Waals surface area contributed by atoms with Crippen molar-refractivity contribution in [2.24, 2.45) is 17.4 Å². The molecule has 6 atom stereocenters. The normalized spacial score (nSPS) is 15.8. The number of fused-ring (bicyclic) bond motifs is 1. The van der Waals surface area contributed by atoms with Crippen molar-refractivity contribution in [3.05, 3.63) is 36.0 Å². The van der Waals surface area contributed by atoms with Gasteiger partial charge in [-0.05, 0) is 30.9 Å². The lowest BCUT2D eigenvalue weighted by molar-refractivity contribution is -0.142. The number of aliphatic hydroxyl groups excluding tert-OH is 1. The van der Waals surface area contributed by atoms with Crippen molar-refractivity contribution < 1.29 is 34.2 Å². The fourth-order valence-corrected chi connectivity index (χ4v) is 4.02. The lowest BCUT2D eigenvalue weighted by atomic mass is 9.96. The van der Waals surface area contributed by atoms with Gasteiger partial charge in [-0.2, -0.15) is 0 Å². The molecule has 39 heavy (non-hydrogen) atoms. The van der Waals surface area contributed by atoms with Gasteiger partial charge in [0.25, 0.3) is 0 Å². The standard InChI is InChI=1S/C26H38N6O7/c1-4-13(2)21(31-25(37)22(14(3)33)32-23(35)17(27)9-10-20(28)34)24(36)30-19(26(38)39)11-15-12-29-18-8-6-5-7-16(15)18/h5-8,12-14,17,19,21-22,29,33H,4,9-11,27H2,1-3H3,(H2,28,34)(H,30,36)(H,31,37)(H,32,35)(H,38,39). The number of hydrogen-bond donors (Lipinski definition) is 8. The Morgan fingerprint density at radius 3 is 2.18 bits per heavy atom. The molecule has 2 aromatic rings. The molecule has 0 aliphatic heterocycles. The summed E-state index contributed by atoms with van der Waals surface area (Å²) in [5.74, 6) is -4.67. The van der Waals surface area contributed by atoms with Gasteiger partial charge in [0.1, 0.15) is 18.1 Å². The van der Waals surface area contributed by atoms with E-state index < -0.39 is 65.8 Å². The zero-order chi connectivity index (χ0) is 29.3. The Balaban J connectivity index is 2.16. The number of carbonyl (C=O) groups excluding carboxylic acids is 4. The molecule has 0 fully saturated rings. The molecule has 0 saturated heterocycles. The molecule has 0 bridgehead atoms. The number of carboxylic acids is 1. The van der Waals surface area contributed by atoms with E-state index in [1.54, 1.807) is 20.0 Å². The van der Waals surface area contributed by atoms with Crippen molar-refractivity contribution in [2.45, 2.75) is 76.7 Å². The molecular weight excluding hydrogens is 508 g/mol. The van der Waals surface area contributed by atoms with Crippen LogP contribution in [0.4, 0.5) is 0 Å². The first-order valence-corrected chi connectivity index (χ1v) is 12.8. The number of carbonyl (C=O) groups is 5. The minimum Gasteiger partial charge on any atom is -0.480 e. The number of nitrogens with one attached hydrogen (secondary N) is 4. The molecule has 1 aromatic carbocycles. The number of aromatic nitrogens is 1. The Morgan fingerprint density at radius 2 is 1.59 bits per heavy atom. The van der Waals surface area contributed by atoms with Crippen LogP contribution >= 0.6 is 0 Å². The number of rotatable bonds is 15. The van der Waals surface area contributed by atoms with Gasteiger partial charge in [-0.25, -0.2) is 4.79 Å². The van der Waals surface area contributed by atoms with Crippen LogP contribution in [0, 0.1) is 5.92 Å². The lowest BCUT2D eigenvalue weighted by Crippen LogP contribution is -2.61. The number of aliphatic carboxylic acids is 1. The van der Waals surface area contributed by atoms with Gasteiger partial charge in [-0.1, -0.05) is 38.5 Å². The molecule has 13 heteroatoms. The highest BCUT2D eigenvalue weighted by Crippen LogP contribution is 2.19. The number of para-hydroxylation sites is 1. The van der Waals surface area contributed by atoms with E-state index in [1.165, 1.54) is 6.92 Å². The molecule has 1 heterocycles. The van der Waals surface area contributed by atoms with E-state index in [0.717, 1.165) is 10.9 Å². The number of H-pyrrole nitrogens is 1. The summed E-state index contributed by atoms with van der Waals surface area (Å²) in [4.78, 5) is 64.8. The monoisotopic (exact) mass is 546 g/mol. The molecule has 13 nitrogen and oxygen atoms in total. The van der Waals surface area contributed by atoms with E-state index in [9.17, 15) is 34.2 Å². The second kappa shape index (κ2) is 14.3. The molecule has 0 aliphatic carbocycles. The van der Waals surface area contributed by atoms with Gasteiger partial charge in [-0.15, -0.1) is 0 Å². The zero-order valence-electron chi connectivity index (χ0n) is 22.3. The van der Waals surface area contributed by atoms with E-state index in [-0.39, 0.29) is 19.3 Å². The first-order valence-electron chi connectivity index (χ1n) is 12.8. The van der Waals surface area contributed by atoms with Crippen LogP contribution in [-0.2, 0) is 30.4 Å². The maximum Gasteiger partial charge on any atom is 0.326 e. The molecule has 10 N–H and O–H groups in total. The van der Waals surface area contributed by atoms with E-state index in [4.69, 9.17) is 11.5 Å². The smallest absolute Gasteiger partial charge is 0.326 e. The number of benzene rings is 1. The number of carboxylic acid groups (broad SMARTS) is 1. The summed E-state index contributed by atoms with van der Waals surface area (Å²) >= 11 is 0. The number of aliphatic hydroxyl groups is 1. The van der Waals surface area contributed by atoms with Crippen LogP contribution in [0.25, 0.3) is 10.9 Å². The summed E-state index contributed by atoms with van der Waals surface area (Å²) in [6, 6.07) is 2.31. The summed E-state index contributed by atoms with van der Waals surface area (Å²) in [5, 5.41) is 28.2. The van der Waals surface area contributed by atoms with Crippen molar-refractivity contribution >= 4 is 40.5 Å². The lowest BCUT2D eigenvalue weighted by Gasteiger charge is -2.29. The number of primary amides is 1. The van der Waals surface area contributed by atoms with Gasteiger partial charge in [-0.3, -0.25) is 19.2 Å². The largest absolute Gasteiger partial charge is 0.480 e. The molecule has 4 amide bonds. The maximum absolute atomic E-state index is 13.2. The third-order valence-electron chi connectivity index (χ3n) is 6.61. The van der Waals surface area contributed by atoms with Crippen LogP contribution in [0.1, 0.15) is 45.6 Å². The van der Waals surface area contributed by atoms with Gasteiger partial charge in [0, 0.05) is 29.9 Å². The first kappa shape index (κ1) is 31.2. The average Bonchev–Trinajstić information content (AvgIpc) is 3.30. The minimum atomic E-state index is -1.46. The molecule has 2 rings (SSSR count). The van der Waals surface area contributed by atoms with Crippen molar-refractivity contribution in [1.82, 2.24) is 20.9 Å². The van der Waals surface area contributed by atoms with Crippen LogP contribution in [0.5, 0.6) is 0 Å². The Hall–Kier alpha value is -3.97. The summed E-state index contributed by atoms with van der Waals surface area (Å²) < 4.78 is 0. The highest BCUT2D eigenvalue weighted by Gasteiger charge is 2.34. The van der Waals surface area contributed by atoms with Crippen molar-refractivity contribution in [2.75, 3.05) is 0 Å². The van der Waals surface area contributed by atoms with Gasteiger partial charge in [0.15, 0.2) is 0 Å². The second-order valence-corrected chi connectivity index (χ2v) is 9.67. The Labute approximate surface area is 226 Å². The molecule has 0 saturated carbocycles. The molecular formula is C26H38N6O7. The highest BCUT2D eigenvalue weighted by molar-refractivity contribution is 5.95. The van der Waals surface area contributed by atoms with E-state index in [2.05, 4.69) is 20.9 Å². The number of nitrogens with two attached hydrogens (primary N) is 2. The van der Waals surface area contributed by atoms with E-state index in [0.29, 0.717) is 12.0 Å². The molecule has 1 aromatic heterocycles. The maximum atomic E-state index is 13.2. The molecule has 6 unspecified atom stereocenters. The van der Waals surface area contributed by atoms with Crippen LogP contribution in [-0.4, -0.2) is 75.1 Å². The van der Waals surface area contributed by atoms with Crippen molar-refractivity contribution in [3.63, 3.8) is 0 Å². The molecule has 0 radical (unpaired) electrons. The Kier molecular flexibility index (Phi) is 11.4. The first-order chi connectivity index (χ1) is 18.3. The molecule has 0 aliphatic rings. The zero-order valence-corrected chi connectivity index (χ0v) is 22.3. The fraction of sp³-hybridized carbons (Fsp3) is 0.500. The van der Waals surface area contributed by atoms with Crippen LogP contribution in [0.3, 0.4) is 0 Å². The number of amides is 4. The van der Waals surface area contributed by atoms with Gasteiger partial charge in [0.05, 0.1) is 12.1 Å². The van der Waals surface area contributed by atoms with Crippen molar-refractivity contribution in [3.8, 4) is 0 Å². The minimum absolute atomic E-state index is 0.00179. The molecule has 214 valence electrons. The van der Waals surface area contributed by atoms with Crippen LogP contribution in [0.15, 0.2) is 30.5 Å². The average molecular weight is 547 g/mol. The summed E-state index contributed by atoms with van der Waals surface area (Å²) in [6.07, 6.45) is 0.598. The number of hydrogen-bond acceptors (Lipinski definition) is 7. The van der Waals surface area contributed by atoms with Crippen LogP contribution in [0.2, 0.25) is 0 Å². The Bertz CT molecular complexity index is 1180. The number of aromatic amines is 1. The third kappa shape index (κ3) is 8.79. The van der Waals surface area contributed by atoms with Crippen LogP contribution < -0.4 is 27.4 Å². The van der Waals surface area contributed by atoms with Gasteiger partial charge < -0.3 is 42.6 Å². The predicted octanol–water partition coefficient (Wildman–Crippen LogP) is -0.731. The van der Waals surface area contributed by atoms with Gasteiger partial charge in [0.2, 0.25) is 23.6 Å². The second-order valence-electron chi connectivity index (χ2n) is 9.67. The van der Waals surface area contributed by atoms with Gasteiger partial charge >= 0.3 is 5.97 Å². The summed E-state index contributed by atoms with van der Waals surface area (Å²) in [6.45, 7) is 4.78. The fourth-order valence-electron chi connectivity index (χ4n) is 4.02. The van der Waals surface area contributed by atoms with E-state index in [1.807, 2.05) is 24.3 Å². The Morgan fingerprint density at radius 1 is 0.974 bits per heavy atom. The van der Waals surface area contributed by atoms with Crippen molar-refractivity contribution in [1.29, 1.82) is 0 Å².